The van der Waals surface area contributed by atoms with Crippen molar-refractivity contribution in [3.63, 3.8) is 0 Å². The number of hydrogen-bond donors (Lipinski definition) is 11. The molecular formula is C48H76O19. The maximum atomic E-state index is 15.0. The van der Waals surface area contributed by atoms with Crippen molar-refractivity contribution < 1.29 is 94.2 Å². The van der Waals surface area contributed by atoms with E-state index in [9.17, 15) is 65.8 Å². The Bertz CT molecular complexity index is 1870. The Balaban J connectivity index is 0.983. The summed E-state index contributed by atoms with van der Waals surface area (Å²) in [6.07, 6.45) is -17.3. The lowest BCUT2D eigenvalue weighted by Gasteiger charge is -2.71. The molecule has 0 bridgehead atoms. The lowest BCUT2D eigenvalue weighted by atomic mass is 9.33. The first-order chi connectivity index (χ1) is 31.3. The topological polar surface area (TPSA) is 312 Å². The van der Waals surface area contributed by atoms with Crippen molar-refractivity contribution in [3.05, 3.63) is 11.6 Å². The molecule has 3 aliphatic heterocycles. The van der Waals surface area contributed by atoms with Crippen LogP contribution in [0, 0.1) is 56.7 Å². The third-order valence-corrected chi connectivity index (χ3v) is 19.7. The van der Waals surface area contributed by atoms with E-state index < -0.39 is 134 Å². The van der Waals surface area contributed by atoms with Crippen LogP contribution in [0.2, 0.25) is 0 Å². The van der Waals surface area contributed by atoms with Crippen molar-refractivity contribution in [2.75, 3.05) is 13.2 Å². The summed E-state index contributed by atoms with van der Waals surface area (Å²) < 4.78 is 34.7. The van der Waals surface area contributed by atoms with Crippen LogP contribution in [0.25, 0.3) is 0 Å². The first kappa shape index (κ1) is 51.4. The zero-order chi connectivity index (χ0) is 49.1. The summed E-state index contributed by atoms with van der Waals surface area (Å²) in [5.41, 5.74) is -2.01. The van der Waals surface area contributed by atoms with Gasteiger partial charge in [0.05, 0.1) is 36.3 Å². The zero-order valence-electron chi connectivity index (χ0n) is 39.7. The molecule has 0 radical (unpaired) electrons. The molecule has 67 heavy (non-hydrogen) atoms. The van der Waals surface area contributed by atoms with Crippen LogP contribution in [-0.2, 0) is 38.0 Å². The van der Waals surface area contributed by atoms with Gasteiger partial charge in [-0.3, -0.25) is 9.59 Å². The number of carboxylic acids is 1. The summed E-state index contributed by atoms with van der Waals surface area (Å²) in [5.74, 6) is -1.55. The third-order valence-electron chi connectivity index (χ3n) is 19.7. The summed E-state index contributed by atoms with van der Waals surface area (Å²) in [7, 11) is 0. The van der Waals surface area contributed by atoms with Crippen molar-refractivity contribution in [1.82, 2.24) is 0 Å². The molecule has 4 saturated carbocycles. The van der Waals surface area contributed by atoms with Crippen molar-refractivity contribution in [2.45, 2.75) is 204 Å². The van der Waals surface area contributed by atoms with Crippen LogP contribution in [0.4, 0.5) is 0 Å². The molecule has 382 valence electrons. The fourth-order valence-electron chi connectivity index (χ4n) is 15.0. The molecule has 0 amide bonds. The van der Waals surface area contributed by atoms with Crippen LogP contribution in [0.1, 0.15) is 106 Å². The van der Waals surface area contributed by atoms with Gasteiger partial charge in [-0.2, -0.15) is 0 Å². The van der Waals surface area contributed by atoms with E-state index in [0.717, 1.165) is 19.3 Å². The molecule has 8 aliphatic rings. The van der Waals surface area contributed by atoms with Gasteiger partial charge >= 0.3 is 11.9 Å². The monoisotopic (exact) mass is 956 g/mol. The lowest BCUT2D eigenvalue weighted by Crippen LogP contribution is -2.67. The number of aliphatic hydroxyl groups is 10. The molecule has 3 heterocycles. The molecule has 0 aromatic carbocycles. The van der Waals surface area contributed by atoms with E-state index in [1.54, 1.807) is 6.92 Å². The highest BCUT2D eigenvalue weighted by molar-refractivity contribution is 5.79. The summed E-state index contributed by atoms with van der Waals surface area (Å²) >= 11 is 0. The molecule has 7 fully saturated rings. The van der Waals surface area contributed by atoms with Gasteiger partial charge in [-0.25, -0.2) is 0 Å². The molecule has 19 nitrogen and oxygen atoms in total. The zero-order valence-corrected chi connectivity index (χ0v) is 39.7. The van der Waals surface area contributed by atoms with Gasteiger partial charge in [-0.1, -0.05) is 46.3 Å². The first-order valence-electron chi connectivity index (χ1n) is 24.5. The number of carboxylic acid groups (broad SMARTS) is 1. The number of rotatable bonds is 9. The van der Waals surface area contributed by atoms with E-state index in [1.165, 1.54) is 12.5 Å². The van der Waals surface area contributed by atoms with Crippen LogP contribution in [0.15, 0.2) is 11.6 Å². The van der Waals surface area contributed by atoms with Crippen molar-refractivity contribution in [2.24, 2.45) is 56.7 Å². The number of aliphatic hydroxyl groups excluding tert-OH is 10. The molecule has 26 atom stereocenters. The molecule has 11 N–H and O–H groups in total. The smallest absolute Gasteiger partial charge is 0.315 e. The summed E-state index contributed by atoms with van der Waals surface area (Å²) in [4.78, 5) is 27.9. The van der Waals surface area contributed by atoms with Gasteiger partial charge in [0.1, 0.15) is 67.1 Å². The maximum Gasteiger partial charge on any atom is 0.315 e. The van der Waals surface area contributed by atoms with Crippen LogP contribution >= 0.6 is 0 Å². The second-order valence-electron chi connectivity index (χ2n) is 22.7. The fraction of sp³-hybridized carbons (Fsp3) is 0.917. The number of fused-ring (bicyclic) bond motifs is 7. The van der Waals surface area contributed by atoms with Crippen LogP contribution < -0.4 is 0 Å². The van der Waals surface area contributed by atoms with E-state index >= 15 is 0 Å². The number of carbonyl (C=O) groups is 2. The van der Waals surface area contributed by atoms with Crippen LogP contribution in [0.3, 0.4) is 0 Å². The van der Waals surface area contributed by atoms with Crippen molar-refractivity contribution >= 4 is 11.9 Å². The van der Waals surface area contributed by atoms with E-state index in [1.807, 2.05) is 0 Å². The Morgan fingerprint density at radius 2 is 1.33 bits per heavy atom. The van der Waals surface area contributed by atoms with E-state index in [0.29, 0.717) is 38.5 Å². The van der Waals surface area contributed by atoms with E-state index in [2.05, 4.69) is 40.7 Å². The van der Waals surface area contributed by atoms with Gasteiger partial charge in [0.15, 0.2) is 12.6 Å². The number of ether oxygens (including phenoxy) is 6. The molecule has 0 aromatic heterocycles. The molecule has 3 saturated heterocycles. The molecular weight excluding hydrogens is 881 g/mol. The SMILES string of the molecule is C[C@H]1[C@H](C)CC[C@]2(C(=O)O[C@@H]3O[C@H](CO[C@@H]4O[C@H](CO)[C@@H](O[C@@H]5O[C@@H](C)[C@H](O)[C@@H](O)[C@H]5O)[C@H](O)[C@H]4O)[C@@H](O)[C@H](O)[C@H]3O)CC[C@]3(C)C(=CC[C@@H]4[C@@]5(C)CC[C@@H](O)[C@@](C)(C(=O)O)[C@@H]5CC[C@]43C)[C@H]12. The van der Waals surface area contributed by atoms with Crippen molar-refractivity contribution in [3.8, 4) is 0 Å². The molecule has 8 rings (SSSR count). The highest BCUT2D eigenvalue weighted by Crippen LogP contribution is 2.76. The highest BCUT2D eigenvalue weighted by Gasteiger charge is 2.71. The minimum Gasteiger partial charge on any atom is -0.481 e. The molecule has 0 unspecified atom stereocenters. The third kappa shape index (κ3) is 7.79. The molecule has 0 aromatic rings. The standard InChI is InChI=1S/C48H76O19/c1-20-10-15-48(17-16-45(5)23(29(48)21(20)2)8-9-26-44(4)13-12-28(50)47(7,42(59)60)27(44)11-14-46(26,45)6)43(61)67-41-36(57)33(54)31(52)25(65-41)19-62-39-37(58)34(55)38(24(18-49)64-39)66-40-35(56)32(53)30(51)22(3)63-40/h8,20-22,24-41,49-58H,9-19H2,1-7H3,(H,59,60)/t20-,21+,22+,24-,25-,26-,27-,28-,29+,30+,31-,32-,33+,34-,35-,36-,37-,38-,39-,40+,41+,44-,45-,46-,47+,48+/m1/s1. The van der Waals surface area contributed by atoms with E-state index in [-0.39, 0.29) is 45.8 Å². The van der Waals surface area contributed by atoms with E-state index in [4.69, 9.17) is 28.4 Å². The normalized spacial score (nSPS) is 55.5. The minimum atomic E-state index is -1.87. The molecule has 19 heteroatoms. The highest BCUT2D eigenvalue weighted by atomic mass is 16.8. The van der Waals surface area contributed by atoms with Crippen molar-refractivity contribution in [1.29, 1.82) is 0 Å². The molecule has 0 spiro atoms. The van der Waals surface area contributed by atoms with Gasteiger partial charge in [-0.15, -0.1) is 0 Å². The Labute approximate surface area is 391 Å². The number of allylic oxidation sites excluding steroid dienone is 2. The predicted octanol–water partition coefficient (Wildman–Crippen LogP) is 0.0887. The largest absolute Gasteiger partial charge is 0.481 e. The summed E-state index contributed by atoms with van der Waals surface area (Å²) in [5, 5.41) is 118. The van der Waals surface area contributed by atoms with Gasteiger partial charge in [-0.05, 0) is 117 Å². The minimum absolute atomic E-state index is 0.0541. The Morgan fingerprint density at radius 1 is 0.687 bits per heavy atom. The number of aliphatic carboxylic acids is 1. The summed E-state index contributed by atoms with van der Waals surface area (Å²) in [6, 6.07) is 0. The van der Waals surface area contributed by atoms with Gasteiger partial charge in [0.25, 0.3) is 0 Å². The predicted molar refractivity (Wildman–Crippen MR) is 231 cm³/mol. The number of carbonyl (C=O) groups excluding carboxylic acids is 1. The van der Waals surface area contributed by atoms with Gasteiger partial charge < -0.3 is 84.6 Å². The Hall–Kier alpha value is -1.92. The summed E-state index contributed by atoms with van der Waals surface area (Å²) in [6.45, 7) is 13.0. The number of hydrogen-bond acceptors (Lipinski definition) is 18. The Morgan fingerprint density at radius 3 is 2.00 bits per heavy atom. The Kier molecular flexibility index (Phi) is 14.0. The van der Waals surface area contributed by atoms with Crippen LogP contribution in [-0.4, -0.2) is 180 Å². The second-order valence-corrected chi connectivity index (χ2v) is 22.7. The molecule has 5 aliphatic carbocycles. The lowest BCUT2D eigenvalue weighted by molar-refractivity contribution is -0.361. The number of esters is 1. The maximum absolute atomic E-state index is 15.0. The van der Waals surface area contributed by atoms with Gasteiger partial charge in [0, 0.05) is 0 Å². The average Bonchev–Trinajstić information content (AvgIpc) is 3.29. The van der Waals surface area contributed by atoms with Gasteiger partial charge in [0.2, 0.25) is 6.29 Å². The second kappa shape index (κ2) is 18.3. The fourth-order valence-corrected chi connectivity index (χ4v) is 15.0. The quantitative estimate of drug-likeness (QED) is 0.108. The van der Waals surface area contributed by atoms with Crippen LogP contribution in [0.5, 0.6) is 0 Å². The first-order valence-corrected chi connectivity index (χ1v) is 24.5. The average molecular weight is 957 g/mol.